The minimum atomic E-state index is 0.236. The van der Waals surface area contributed by atoms with Crippen molar-refractivity contribution in [1.29, 1.82) is 0 Å². The average molecular weight is 281 g/mol. The first kappa shape index (κ1) is 16.3. The van der Waals surface area contributed by atoms with Crippen molar-refractivity contribution in [2.45, 2.75) is 76.8 Å². The average Bonchev–Trinajstić information content (AvgIpc) is 2.99. The van der Waals surface area contributed by atoms with E-state index in [-0.39, 0.29) is 5.54 Å². The van der Waals surface area contributed by atoms with Crippen LogP contribution in [0.5, 0.6) is 0 Å². The van der Waals surface area contributed by atoms with Crippen molar-refractivity contribution < 1.29 is 0 Å². The second-order valence-electron chi connectivity index (χ2n) is 7.14. The number of nitrogens with zero attached hydrogens (tertiary/aromatic N) is 2. The molecule has 3 heteroatoms. The highest BCUT2D eigenvalue weighted by Gasteiger charge is 2.37. The molecule has 0 bridgehead atoms. The molecule has 2 aliphatic rings. The van der Waals surface area contributed by atoms with Crippen molar-refractivity contribution in [3.8, 4) is 0 Å². The Kier molecular flexibility index (Phi) is 6.31. The number of hydrogen-bond donors (Lipinski definition) is 1. The number of hydrogen-bond acceptors (Lipinski definition) is 3. The predicted molar refractivity (Wildman–Crippen MR) is 87.0 cm³/mol. The Hall–Kier alpha value is -0.120. The van der Waals surface area contributed by atoms with Gasteiger partial charge in [-0.2, -0.15) is 0 Å². The molecule has 2 saturated heterocycles. The molecule has 2 N–H and O–H groups in total. The summed E-state index contributed by atoms with van der Waals surface area (Å²) in [5.41, 5.74) is 6.37. The molecule has 0 spiro atoms. The van der Waals surface area contributed by atoms with E-state index in [1.54, 1.807) is 0 Å². The van der Waals surface area contributed by atoms with Gasteiger partial charge in [-0.15, -0.1) is 0 Å². The van der Waals surface area contributed by atoms with Crippen molar-refractivity contribution in [2.75, 3.05) is 32.7 Å². The summed E-state index contributed by atoms with van der Waals surface area (Å²) in [7, 11) is 0. The molecule has 20 heavy (non-hydrogen) atoms. The maximum Gasteiger partial charge on any atom is 0.0304 e. The van der Waals surface area contributed by atoms with E-state index in [0.717, 1.165) is 12.6 Å². The highest BCUT2D eigenvalue weighted by molar-refractivity contribution is 4.95. The SMILES string of the molecule is CCCCCC(C)(CN)N1CCC(N2CCCCC2)C1. The second-order valence-corrected chi connectivity index (χ2v) is 7.14. The minimum absolute atomic E-state index is 0.236. The predicted octanol–water partition coefficient (Wildman–Crippen LogP) is 2.84. The summed E-state index contributed by atoms with van der Waals surface area (Å²) in [6.45, 7) is 10.6. The van der Waals surface area contributed by atoms with Gasteiger partial charge in [0.15, 0.2) is 0 Å². The van der Waals surface area contributed by atoms with Crippen LogP contribution in [-0.2, 0) is 0 Å². The van der Waals surface area contributed by atoms with Crippen molar-refractivity contribution in [2.24, 2.45) is 5.73 Å². The van der Waals surface area contributed by atoms with Gasteiger partial charge in [0.05, 0.1) is 0 Å². The summed E-state index contributed by atoms with van der Waals surface area (Å²) < 4.78 is 0. The van der Waals surface area contributed by atoms with E-state index < -0.39 is 0 Å². The van der Waals surface area contributed by atoms with Gasteiger partial charge in [0.1, 0.15) is 0 Å². The summed E-state index contributed by atoms with van der Waals surface area (Å²) in [6, 6.07) is 0.798. The fourth-order valence-electron chi connectivity index (χ4n) is 3.96. The quantitative estimate of drug-likeness (QED) is 0.728. The van der Waals surface area contributed by atoms with Crippen LogP contribution in [0.25, 0.3) is 0 Å². The van der Waals surface area contributed by atoms with E-state index in [9.17, 15) is 0 Å². The highest BCUT2D eigenvalue weighted by Crippen LogP contribution is 2.29. The summed E-state index contributed by atoms with van der Waals surface area (Å²) in [5.74, 6) is 0. The Balaban J connectivity index is 1.85. The van der Waals surface area contributed by atoms with Gasteiger partial charge in [-0.05, 0) is 45.7 Å². The molecular weight excluding hydrogens is 246 g/mol. The summed E-state index contributed by atoms with van der Waals surface area (Å²) >= 11 is 0. The molecule has 0 aromatic heterocycles. The van der Waals surface area contributed by atoms with Crippen molar-refractivity contribution >= 4 is 0 Å². The Morgan fingerprint density at radius 3 is 2.50 bits per heavy atom. The molecule has 2 atom stereocenters. The molecule has 0 radical (unpaired) electrons. The first-order valence-corrected chi connectivity index (χ1v) is 8.89. The molecule has 0 amide bonds. The topological polar surface area (TPSA) is 32.5 Å². The lowest BCUT2D eigenvalue weighted by Gasteiger charge is -2.39. The largest absolute Gasteiger partial charge is 0.329 e. The zero-order valence-corrected chi connectivity index (χ0v) is 13.7. The van der Waals surface area contributed by atoms with Gasteiger partial charge in [-0.25, -0.2) is 0 Å². The molecule has 0 saturated carbocycles. The molecule has 0 aromatic carbocycles. The van der Waals surface area contributed by atoms with Crippen LogP contribution < -0.4 is 5.73 Å². The zero-order valence-electron chi connectivity index (χ0n) is 13.7. The number of unbranched alkanes of at least 4 members (excludes halogenated alkanes) is 2. The second kappa shape index (κ2) is 7.77. The third kappa shape index (κ3) is 3.96. The van der Waals surface area contributed by atoms with Crippen LogP contribution in [0.15, 0.2) is 0 Å². The van der Waals surface area contributed by atoms with Crippen LogP contribution in [0, 0.1) is 0 Å². The summed E-state index contributed by atoms with van der Waals surface area (Å²) in [4.78, 5) is 5.44. The fraction of sp³-hybridized carbons (Fsp3) is 1.00. The van der Waals surface area contributed by atoms with Crippen LogP contribution in [-0.4, -0.2) is 54.1 Å². The van der Waals surface area contributed by atoms with E-state index in [1.807, 2.05) is 0 Å². The van der Waals surface area contributed by atoms with Gasteiger partial charge in [0.2, 0.25) is 0 Å². The normalized spacial score (nSPS) is 28.6. The standard InChI is InChI=1S/C17H35N3/c1-3-4-6-10-17(2,15-18)20-13-9-16(14-20)19-11-7-5-8-12-19/h16H,3-15,18H2,1-2H3. The van der Waals surface area contributed by atoms with Crippen molar-refractivity contribution in [3.05, 3.63) is 0 Å². The minimum Gasteiger partial charge on any atom is -0.329 e. The molecule has 0 aliphatic carbocycles. The highest BCUT2D eigenvalue weighted by atomic mass is 15.3. The van der Waals surface area contributed by atoms with Crippen LogP contribution in [0.1, 0.15) is 65.2 Å². The molecule has 0 aromatic rings. The zero-order chi connectivity index (χ0) is 14.4. The van der Waals surface area contributed by atoms with Crippen molar-refractivity contribution in [1.82, 2.24) is 9.80 Å². The summed E-state index contributed by atoms with van der Waals surface area (Å²) in [6.07, 6.45) is 10.8. The van der Waals surface area contributed by atoms with Gasteiger partial charge in [0.25, 0.3) is 0 Å². The monoisotopic (exact) mass is 281 g/mol. The van der Waals surface area contributed by atoms with Crippen LogP contribution >= 0.6 is 0 Å². The molecule has 3 nitrogen and oxygen atoms in total. The third-order valence-electron chi connectivity index (χ3n) is 5.59. The third-order valence-corrected chi connectivity index (χ3v) is 5.59. The van der Waals surface area contributed by atoms with Crippen LogP contribution in [0.3, 0.4) is 0 Å². The van der Waals surface area contributed by atoms with E-state index in [4.69, 9.17) is 5.73 Å². The molecule has 2 unspecified atom stereocenters. The van der Waals surface area contributed by atoms with Gasteiger partial charge >= 0.3 is 0 Å². The molecule has 2 rings (SSSR count). The van der Waals surface area contributed by atoms with Crippen LogP contribution in [0.4, 0.5) is 0 Å². The Bertz CT molecular complexity index is 275. The fourth-order valence-corrected chi connectivity index (χ4v) is 3.96. The smallest absolute Gasteiger partial charge is 0.0304 e. The lowest BCUT2D eigenvalue weighted by atomic mass is 9.92. The van der Waals surface area contributed by atoms with Gasteiger partial charge in [0, 0.05) is 31.2 Å². The lowest BCUT2D eigenvalue weighted by Crippen LogP contribution is -2.52. The first-order valence-electron chi connectivity index (χ1n) is 8.89. The van der Waals surface area contributed by atoms with Gasteiger partial charge < -0.3 is 5.73 Å². The van der Waals surface area contributed by atoms with E-state index in [2.05, 4.69) is 23.6 Å². The van der Waals surface area contributed by atoms with Crippen molar-refractivity contribution in [3.63, 3.8) is 0 Å². The summed E-state index contributed by atoms with van der Waals surface area (Å²) in [5, 5.41) is 0. The number of nitrogens with two attached hydrogens (primary N) is 1. The Morgan fingerprint density at radius 1 is 1.10 bits per heavy atom. The number of rotatable bonds is 7. The Labute approximate surface area is 125 Å². The molecule has 2 heterocycles. The number of likely N-dealkylation sites (tertiary alicyclic amines) is 2. The van der Waals surface area contributed by atoms with E-state index in [0.29, 0.717) is 0 Å². The van der Waals surface area contributed by atoms with Gasteiger partial charge in [-0.1, -0.05) is 32.6 Å². The van der Waals surface area contributed by atoms with E-state index in [1.165, 1.54) is 77.5 Å². The molecular formula is C17H35N3. The molecule has 2 aliphatic heterocycles. The van der Waals surface area contributed by atoms with Crippen LogP contribution in [0.2, 0.25) is 0 Å². The molecule has 2 fully saturated rings. The maximum absolute atomic E-state index is 6.14. The van der Waals surface area contributed by atoms with Gasteiger partial charge in [-0.3, -0.25) is 9.80 Å². The maximum atomic E-state index is 6.14. The number of piperidine rings is 1. The lowest BCUT2D eigenvalue weighted by molar-refractivity contribution is 0.104. The first-order chi connectivity index (χ1) is 9.69. The Morgan fingerprint density at radius 2 is 1.85 bits per heavy atom. The van der Waals surface area contributed by atoms with E-state index >= 15 is 0 Å². The molecule has 118 valence electrons.